The van der Waals surface area contributed by atoms with Crippen molar-refractivity contribution in [2.24, 2.45) is 0 Å². The molecular weight excluding hydrogens is 161 g/mol. The van der Waals surface area contributed by atoms with Crippen LogP contribution in [0.2, 0.25) is 0 Å². The standard InChI is InChI=1S/C6H6.GeH2O/c1-2-4-6-5-3-1;1-2/h1-6H;1H2. The molecular formula is C6H8GeO. The Morgan fingerprint density at radius 2 is 0.750 bits per heavy atom. The van der Waals surface area contributed by atoms with Crippen LogP contribution in [0.1, 0.15) is 0 Å². The van der Waals surface area contributed by atoms with Crippen molar-refractivity contribution in [2.45, 2.75) is 0 Å². The van der Waals surface area contributed by atoms with Crippen molar-refractivity contribution in [3.8, 4) is 0 Å². The smallest absolute Gasteiger partial charge is 0.0623 e. The molecule has 1 nitrogen and oxygen atoms in total. The van der Waals surface area contributed by atoms with Gasteiger partial charge in [0.15, 0.2) is 0 Å². The Hall–Kier alpha value is -0.437. The van der Waals surface area contributed by atoms with E-state index in [0.717, 1.165) is 0 Å². The van der Waals surface area contributed by atoms with E-state index in [-0.39, 0.29) is 16.5 Å². The zero-order valence-electron chi connectivity index (χ0n) is 4.58. The molecule has 8 heavy (non-hydrogen) atoms. The number of hydrogen-bond acceptors (Lipinski definition) is 1. The van der Waals surface area contributed by atoms with Crippen molar-refractivity contribution in [1.82, 2.24) is 0 Å². The quantitative estimate of drug-likeness (QED) is 0.521. The van der Waals surface area contributed by atoms with Crippen LogP contribution in [0.25, 0.3) is 0 Å². The summed E-state index contributed by atoms with van der Waals surface area (Å²) < 4.78 is 8.38. The second-order valence-electron chi connectivity index (χ2n) is 1.15. The van der Waals surface area contributed by atoms with Crippen molar-refractivity contribution in [3.05, 3.63) is 36.4 Å². The summed E-state index contributed by atoms with van der Waals surface area (Å²) in [7, 11) is 0. The molecule has 0 saturated carbocycles. The molecule has 0 amide bonds. The van der Waals surface area contributed by atoms with Crippen LogP contribution in [0.3, 0.4) is 0 Å². The molecule has 0 spiro atoms. The Kier molecular flexibility index (Phi) is 6.20. The summed E-state index contributed by atoms with van der Waals surface area (Å²) >= 11 is 0.125. The van der Waals surface area contributed by atoms with Crippen molar-refractivity contribution in [3.63, 3.8) is 0 Å². The average Bonchev–Trinajstić information content (AvgIpc) is 1.96. The fourth-order valence-electron chi connectivity index (χ4n) is 0.385. The molecule has 0 unspecified atom stereocenters. The van der Waals surface area contributed by atoms with Gasteiger partial charge < -0.3 is 0 Å². The van der Waals surface area contributed by atoms with Crippen LogP contribution in [0.4, 0.5) is 0 Å². The third-order valence-electron chi connectivity index (χ3n) is 0.667. The van der Waals surface area contributed by atoms with Crippen molar-refractivity contribution in [2.75, 3.05) is 0 Å². The van der Waals surface area contributed by atoms with Crippen molar-refractivity contribution in [1.29, 1.82) is 0 Å². The number of rotatable bonds is 0. The molecule has 1 aromatic rings. The number of hydrogen-bond donors (Lipinski definition) is 0. The SMILES string of the molecule is [O]=[GeH2].c1ccccc1. The normalized spacial score (nSPS) is 6.50. The number of benzene rings is 1. The summed E-state index contributed by atoms with van der Waals surface area (Å²) in [5.41, 5.74) is 0. The molecule has 0 saturated heterocycles. The zero-order chi connectivity index (χ0) is 6.24. The van der Waals surface area contributed by atoms with Crippen LogP contribution >= 0.6 is 0 Å². The summed E-state index contributed by atoms with van der Waals surface area (Å²) in [5.74, 6) is 0. The first-order chi connectivity index (χ1) is 4.00. The van der Waals surface area contributed by atoms with Crippen LogP contribution in [-0.2, 0) is 3.78 Å². The van der Waals surface area contributed by atoms with Gasteiger partial charge in [-0.05, 0) is 0 Å². The fourth-order valence-corrected chi connectivity index (χ4v) is 0.385. The summed E-state index contributed by atoms with van der Waals surface area (Å²) in [6.45, 7) is 0. The topological polar surface area (TPSA) is 17.1 Å². The summed E-state index contributed by atoms with van der Waals surface area (Å²) in [4.78, 5) is 0. The van der Waals surface area contributed by atoms with E-state index < -0.39 is 0 Å². The van der Waals surface area contributed by atoms with Gasteiger partial charge >= 0.3 is 20.2 Å². The molecule has 42 valence electrons. The van der Waals surface area contributed by atoms with Crippen LogP contribution < -0.4 is 0 Å². The molecule has 0 aliphatic heterocycles. The van der Waals surface area contributed by atoms with Gasteiger partial charge in [-0.1, -0.05) is 36.4 Å². The van der Waals surface area contributed by atoms with E-state index in [4.69, 9.17) is 3.78 Å². The van der Waals surface area contributed by atoms with Crippen LogP contribution in [0.15, 0.2) is 36.4 Å². The summed E-state index contributed by atoms with van der Waals surface area (Å²) in [6.07, 6.45) is 0. The minimum atomic E-state index is 0.125. The van der Waals surface area contributed by atoms with Crippen molar-refractivity contribution >= 4 is 16.5 Å². The Morgan fingerprint density at radius 3 is 0.875 bits per heavy atom. The minimum absolute atomic E-state index is 0.125. The second-order valence-corrected chi connectivity index (χ2v) is 1.15. The van der Waals surface area contributed by atoms with Crippen LogP contribution in [-0.4, -0.2) is 16.5 Å². The van der Waals surface area contributed by atoms with Gasteiger partial charge in [-0.25, -0.2) is 0 Å². The molecule has 0 bridgehead atoms. The van der Waals surface area contributed by atoms with E-state index >= 15 is 0 Å². The minimum Gasteiger partial charge on any atom is -0.0623 e. The zero-order valence-corrected chi connectivity index (χ0v) is 7.55. The molecule has 0 fully saturated rings. The Morgan fingerprint density at radius 1 is 0.625 bits per heavy atom. The maximum atomic E-state index is 8.38. The van der Waals surface area contributed by atoms with E-state index in [1.807, 2.05) is 36.4 Å². The van der Waals surface area contributed by atoms with Crippen LogP contribution in [0.5, 0.6) is 0 Å². The first-order valence-electron chi connectivity index (χ1n) is 2.29. The molecule has 0 atom stereocenters. The molecule has 1 aromatic carbocycles. The first kappa shape index (κ1) is 7.56. The summed E-state index contributed by atoms with van der Waals surface area (Å²) in [6, 6.07) is 12.0. The van der Waals surface area contributed by atoms with Crippen LogP contribution in [0, 0.1) is 0 Å². The summed E-state index contributed by atoms with van der Waals surface area (Å²) in [5, 5.41) is 0. The van der Waals surface area contributed by atoms with Gasteiger partial charge in [0, 0.05) is 0 Å². The van der Waals surface area contributed by atoms with E-state index in [1.54, 1.807) is 0 Å². The second kappa shape index (κ2) is 6.56. The van der Waals surface area contributed by atoms with Gasteiger partial charge in [0.25, 0.3) is 0 Å². The third kappa shape index (κ3) is 3.74. The molecule has 0 radical (unpaired) electrons. The first-order valence-corrected chi connectivity index (χ1v) is 3.50. The Bertz CT molecular complexity index is 91.4. The van der Waals surface area contributed by atoms with E-state index in [0.29, 0.717) is 0 Å². The van der Waals surface area contributed by atoms with Gasteiger partial charge in [0.05, 0.1) is 0 Å². The maximum Gasteiger partial charge on any atom is -0.0623 e. The van der Waals surface area contributed by atoms with Gasteiger partial charge in [0.1, 0.15) is 0 Å². The molecule has 1 rings (SSSR count). The Labute approximate surface area is 57.2 Å². The molecule has 0 aliphatic rings. The largest absolute Gasteiger partial charge is 0.0623 e. The predicted octanol–water partition coefficient (Wildman–Crippen LogP) is 0.652. The molecule has 2 heteroatoms. The monoisotopic (exact) mass is 170 g/mol. The molecule has 0 aliphatic carbocycles. The predicted molar refractivity (Wildman–Crippen MR) is 35.7 cm³/mol. The maximum absolute atomic E-state index is 8.38. The van der Waals surface area contributed by atoms with E-state index in [9.17, 15) is 0 Å². The van der Waals surface area contributed by atoms with E-state index in [2.05, 4.69) is 0 Å². The molecule has 0 heterocycles. The molecule has 0 aromatic heterocycles. The van der Waals surface area contributed by atoms with Gasteiger partial charge in [-0.2, -0.15) is 0 Å². The van der Waals surface area contributed by atoms with Gasteiger partial charge in [0.2, 0.25) is 0 Å². The van der Waals surface area contributed by atoms with E-state index in [1.165, 1.54) is 0 Å². The Balaban J connectivity index is 0.000000222. The van der Waals surface area contributed by atoms with Gasteiger partial charge in [-0.3, -0.25) is 0 Å². The molecule has 0 N–H and O–H groups in total. The fraction of sp³-hybridized carbons (Fsp3) is 0. The van der Waals surface area contributed by atoms with Gasteiger partial charge in [-0.15, -0.1) is 0 Å². The third-order valence-corrected chi connectivity index (χ3v) is 0.667. The average molecular weight is 169 g/mol. The van der Waals surface area contributed by atoms with Crippen molar-refractivity contribution < 1.29 is 3.78 Å².